The molecule has 1 fully saturated rings. The van der Waals surface area contributed by atoms with Crippen LogP contribution in [0.3, 0.4) is 0 Å². The van der Waals surface area contributed by atoms with Gasteiger partial charge in [-0.25, -0.2) is 0 Å². The maximum absolute atomic E-state index is 12.9. The van der Waals surface area contributed by atoms with Crippen LogP contribution >= 0.6 is 15.9 Å². The molecule has 2 heterocycles. The van der Waals surface area contributed by atoms with Crippen LogP contribution < -0.4 is 26.1 Å². The molecule has 3 atom stereocenters. The Balaban J connectivity index is 1.54. The van der Waals surface area contributed by atoms with E-state index in [0.717, 1.165) is 0 Å². The van der Waals surface area contributed by atoms with Crippen molar-refractivity contribution in [2.24, 2.45) is 5.92 Å². The number of H-pyrrole nitrogens is 1. The van der Waals surface area contributed by atoms with E-state index >= 15 is 0 Å². The number of aromatic amines is 1. The van der Waals surface area contributed by atoms with Crippen LogP contribution in [0.4, 0.5) is 0 Å². The minimum absolute atomic E-state index is 0.00997. The van der Waals surface area contributed by atoms with Gasteiger partial charge in [-0.05, 0) is 0 Å². The average molecular weight is 685 g/mol. The monoisotopic (exact) mass is 684 g/mol. The zero-order valence-electron chi connectivity index (χ0n) is 22.8. The Kier molecular flexibility index (Phi) is 8.80. The van der Waals surface area contributed by atoms with Crippen LogP contribution in [0.1, 0.15) is 27.0 Å². The van der Waals surface area contributed by atoms with E-state index in [1.165, 1.54) is 19.4 Å². The van der Waals surface area contributed by atoms with E-state index in [9.17, 15) is 9.59 Å². The first-order valence-electron chi connectivity index (χ1n) is 13.3. The van der Waals surface area contributed by atoms with Gasteiger partial charge < -0.3 is 0 Å². The molecule has 9 heteroatoms. The second-order valence-corrected chi connectivity index (χ2v) is 18.8. The summed E-state index contributed by atoms with van der Waals surface area (Å²) >= 11 is 3.28. The van der Waals surface area contributed by atoms with E-state index in [1.807, 2.05) is 30.3 Å². The van der Waals surface area contributed by atoms with Crippen molar-refractivity contribution in [3.05, 3.63) is 123 Å². The van der Waals surface area contributed by atoms with Gasteiger partial charge in [-0.1, -0.05) is 0 Å². The normalized spacial score (nSPS) is 19.6. The Labute approximate surface area is 250 Å². The Morgan fingerprint density at radius 1 is 0.950 bits per heavy atom. The summed E-state index contributed by atoms with van der Waals surface area (Å²) in [6, 6.07) is 31.6. The van der Waals surface area contributed by atoms with Gasteiger partial charge in [-0.2, -0.15) is 0 Å². The van der Waals surface area contributed by atoms with Gasteiger partial charge in [-0.3, -0.25) is 0 Å². The predicted molar refractivity (Wildman–Crippen MR) is 167 cm³/mol. The van der Waals surface area contributed by atoms with Crippen molar-refractivity contribution in [2.45, 2.75) is 36.9 Å². The zero-order chi connectivity index (χ0) is 28.3. The van der Waals surface area contributed by atoms with Crippen LogP contribution in [0.15, 0.2) is 111 Å². The first-order chi connectivity index (χ1) is 19.2. The van der Waals surface area contributed by atoms with Gasteiger partial charge in [0, 0.05) is 0 Å². The number of hydrogen-bond donors (Lipinski definition) is 1. The second-order valence-electron chi connectivity index (χ2n) is 11.0. The van der Waals surface area contributed by atoms with Gasteiger partial charge in [0.25, 0.3) is 0 Å². The number of ether oxygens (including phenoxy) is 1. The molecule has 0 aliphatic carbocycles. The topological polar surface area (TPSA) is 73.3 Å². The van der Waals surface area contributed by atoms with Crippen molar-refractivity contribution in [1.29, 1.82) is 0 Å². The van der Waals surface area contributed by atoms with Crippen molar-refractivity contribution >= 4 is 54.0 Å². The van der Waals surface area contributed by atoms with Crippen LogP contribution in [-0.4, -0.2) is 46.0 Å². The fourth-order valence-corrected chi connectivity index (χ4v) is 13.2. The summed E-state index contributed by atoms with van der Waals surface area (Å²) in [7, 11) is -2.74. The van der Waals surface area contributed by atoms with E-state index in [1.54, 1.807) is 6.20 Å². The molecular formula is C31H33BrN2O4SeSi. The van der Waals surface area contributed by atoms with Crippen molar-refractivity contribution < 1.29 is 9.16 Å². The molecule has 6 nitrogen and oxygen atoms in total. The second kappa shape index (κ2) is 12.1. The van der Waals surface area contributed by atoms with Crippen molar-refractivity contribution in [3.8, 4) is 0 Å². The van der Waals surface area contributed by atoms with Crippen LogP contribution in [0.2, 0.25) is 9.85 Å². The Morgan fingerprint density at radius 3 is 2.05 bits per heavy atom. The number of halogens is 1. The molecule has 1 unspecified atom stereocenters. The standard InChI is InChI=1S/C31H33BrN2O4SeSi/c1-31(2,3)40(24-15-9-5-10-16-24,25-17-11-6-12-18-25)38-21-22-20-37-29(27(22)39-23-13-7-4-8-14-23)34-19-26(32)28(35)33-30(34)36/h4-19,22,27,29H,20-21H2,1-3H3,(H,33,35,36)/t22-,27-,29?/m0/s1. The van der Waals surface area contributed by atoms with E-state index in [0.29, 0.717) is 17.7 Å². The summed E-state index contributed by atoms with van der Waals surface area (Å²) < 4.78 is 16.7. The average Bonchev–Trinajstić information content (AvgIpc) is 3.34. The molecule has 0 spiro atoms. The molecule has 3 aromatic carbocycles. The fourth-order valence-electron chi connectivity index (χ4n) is 5.48. The van der Waals surface area contributed by atoms with E-state index in [-0.39, 0.29) is 30.7 Å². The fraction of sp³-hybridized carbons (Fsp3) is 0.290. The van der Waals surface area contributed by atoms with E-state index in [4.69, 9.17) is 9.16 Å². The molecule has 0 radical (unpaired) electrons. The Morgan fingerprint density at radius 2 is 1.50 bits per heavy atom. The molecule has 5 rings (SSSR count). The van der Waals surface area contributed by atoms with Crippen molar-refractivity contribution in [3.63, 3.8) is 0 Å². The quantitative estimate of drug-likeness (QED) is 0.287. The van der Waals surface area contributed by atoms with Gasteiger partial charge in [0.2, 0.25) is 0 Å². The summed E-state index contributed by atoms with van der Waals surface area (Å²) in [6.45, 7) is 7.79. The van der Waals surface area contributed by atoms with E-state index < -0.39 is 25.8 Å². The summed E-state index contributed by atoms with van der Waals surface area (Å²) in [5.74, 6) is 0.0597. The van der Waals surface area contributed by atoms with Gasteiger partial charge in [0.05, 0.1) is 0 Å². The van der Waals surface area contributed by atoms with Gasteiger partial charge >= 0.3 is 251 Å². The molecule has 208 valence electrons. The number of rotatable bonds is 8. The molecule has 1 N–H and O–H groups in total. The number of benzene rings is 3. The maximum atomic E-state index is 12.9. The van der Waals surface area contributed by atoms with Crippen molar-refractivity contribution in [1.82, 2.24) is 9.55 Å². The van der Waals surface area contributed by atoms with Gasteiger partial charge in [-0.15, -0.1) is 0 Å². The molecule has 4 aromatic rings. The molecule has 0 bridgehead atoms. The molecule has 1 aromatic heterocycles. The number of aromatic nitrogens is 2. The molecule has 1 saturated heterocycles. The number of nitrogens with zero attached hydrogens (tertiary/aromatic N) is 1. The third-order valence-electron chi connectivity index (χ3n) is 7.37. The van der Waals surface area contributed by atoms with Crippen LogP contribution in [0.5, 0.6) is 0 Å². The number of nitrogens with one attached hydrogen (secondary N) is 1. The molecule has 0 amide bonds. The third kappa shape index (κ3) is 5.77. The first kappa shape index (κ1) is 29.0. The molecule has 1 aliphatic heterocycles. The molecule has 40 heavy (non-hydrogen) atoms. The summed E-state index contributed by atoms with van der Waals surface area (Å²) in [4.78, 5) is 27.4. The minimum atomic E-state index is -2.74. The summed E-state index contributed by atoms with van der Waals surface area (Å²) in [5.41, 5.74) is -0.920. The van der Waals surface area contributed by atoms with Crippen molar-refractivity contribution in [2.75, 3.05) is 13.2 Å². The molecule has 0 saturated carbocycles. The van der Waals surface area contributed by atoms with Crippen LogP contribution in [0.25, 0.3) is 0 Å². The van der Waals surface area contributed by atoms with Crippen LogP contribution in [0, 0.1) is 5.92 Å². The van der Waals surface area contributed by atoms with E-state index in [2.05, 4.69) is 102 Å². The molecule has 1 aliphatic rings. The van der Waals surface area contributed by atoms with Gasteiger partial charge in [0.15, 0.2) is 0 Å². The zero-order valence-corrected chi connectivity index (χ0v) is 27.0. The van der Waals surface area contributed by atoms with Crippen LogP contribution in [-0.2, 0) is 9.16 Å². The third-order valence-corrected chi connectivity index (χ3v) is 16.0. The number of hydrogen-bond acceptors (Lipinski definition) is 4. The van der Waals surface area contributed by atoms with Gasteiger partial charge in [0.1, 0.15) is 0 Å². The first-order valence-corrected chi connectivity index (χ1v) is 17.8. The Bertz CT molecular complexity index is 1500. The summed E-state index contributed by atoms with van der Waals surface area (Å²) in [6.07, 6.45) is 1.04. The summed E-state index contributed by atoms with van der Waals surface area (Å²) in [5, 5.41) is 2.32. The SMILES string of the molecule is CC(C)(C)[Si](OC[C@@H]1COC(n2cc(Br)c(=O)[nH]c2=O)[C@H]1[Se]c1ccccc1)(c1ccccc1)c1ccccc1. The Hall–Kier alpha value is -2.52. The predicted octanol–water partition coefficient (Wildman–Crippen LogP) is 3.84. The molecular weight excluding hydrogens is 651 g/mol.